The van der Waals surface area contributed by atoms with Crippen LogP contribution in [0.25, 0.3) is 0 Å². The van der Waals surface area contributed by atoms with Gasteiger partial charge in [-0.15, -0.1) is 0 Å². The molecule has 0 radical (unpaired) electrons. The molecular formula is C15H14N2O3S. The lowest BCUT2D eigenvalue weighted by Crippen LogP contribution is -2.24. The second-order valence-corrected chi connectivity index (χ2v) is 6.07. The van der Waals surface area contributed by atoms with Gasteiger partial charge in [0.1, 0.15) is 0 Å². The molecule has 0 atom stereocenters. The summed E-state index contributed by atoms with van der Waals surface area (Å²) in [7, 11) is -3.82. The maximum absolute atomic E-state index is 12.2. The Labute approximate surface area is 123 Å². The molecule has 6 heteroatoms. The minimum Gasteiger partial charge on any atom is -0.282 e. The summed E-state index contributed by atoms with van der Waals surface area (Å²) in [6, 6.07) is 15.6. The maximum Gasteiger partial charge on any atom is 0.262 e. The van der Waals surface area contributed by atoms with Gasteiger partial charge in [0.15, 0.2) is 0 Å². The molecular weight excluding hydrogens is 288 g/mol. The Bertz CT molecular complexity index is 765. The topological polar surface area (TPSA) is 79.2 Å². The fourth-order valence-corrected chi connectivity index (χ4v) is 2.85. The summed E-state index contributed by atoms with van der Waals surface area (Å²) >= 11 is 0. The lowest BCUT2D eigenvalue weighted by atomic mass is 10.2. The van der Waals surface area contributed by atoms with Gasteiger partial charge in [-0.2, -0.15) is 5.26 Å². The Morgan fingerprint density at radius 2 is 1.90 bits per heavy atom. The quantitative estimate of drug-likeness (QED) is 0.859. The van der Waals surface area contributed by atoms with Gasteiger partial charge in [0.2, 0.25) is 0 Å². The van der Waals surface area contributed by atoms with Crippen LogP contribution in [0.5, 0.6) is 0 Å². The van der Waals surface area contributed by atoms with E-state index in [4.69, 9.17) is 10.1 Å². The van der Waals surface area contributed by atoms with Crippen LogP contribution in [0.1, 0.15) is 16.7 Å². The largest absolute Gasteiger partial charge is 0.282 e. The fraction of sp³-hybridized carbons (Fsp3) is 0.133. The third kappa shape index (κ3) is 3.89. The van der Waals surface area contributed by atoms with Crippen molar-refractivity contribution in [3.8, 4) is 6.07 Å². The molecule has 0 aromatic heterocycles. The first-order valence-electron chi connectivity index (χ1n) is 6.21. The van der Waals surface area contributed by atoms with Gasteiger partial charge in [-0.3, -0.25) is 4.84 Å². The normalized spacial score (nSPS) is 11.0. The van der Waals surface area contributed by atoms with E-state index >= 15 is 0 Å². The van der Waals surface area contributed by atoms with E-state index in [-0.39, 0.29) is 17.1 Å². The molecule has 2 aromatic carbocycles. The van der Waals surface area contributed by atoms with Crippen LogP contribution in [0, 0.1) is 18.3 Å². The molecule has 0 fully saturated rings. The predicted molar refractivity (Wildman–Crippen MR) is 77.4 cm³/mol. The number of sulfonamides is 1. The number of benzene rings is 2. The molecule has 0 saturated carbocycles. The van der Waals surface area contributed by atoms with Crippen molar-refractivity contribution in [3.63, 3.8) is 0 Å². The number of rotatable bonds is 5. The number of aryl methyl sites for hydroxylation is 1. The van der Waals surface area contributed by atoms with Gasteiger partial charge >= 0.3 is 0 Å². The van der Waals surface area contributed by atoms with Gasteiger partial charge in [-0.25, -0.2) is 8.42 Å². The van der Waals surface area contributed by atoms with Crippen LogP contribution in [0.15, 0.2) is 53.4 Å². The molecule has 0 aliphatic rings. The average molecular weight is 302 g/mol. The highest BCUT2D eigenvalue weighted by molar-refractivity contribution is 7.89. The van der Waals surface area contributed by atoms with Crippen LogP contribution in [0.3, 0.4) is 0 Å². The van der Waals surface area contributed by atoms with Gasteiger partial charge in [0.05, 0.1) is 23.1 Å². The summed E-state index contributed by atoms with van der Waals surface area (Å²) in [5.74, 6) is 0. The Balaban J connectivity index is 2.10. The number of nitrogens with one attached hydrogen (secondary N) is 1. The summed E-state index contributed by atoms with van der Waals surface area (Å²) in [5, 5.41) is 8.85. The Hall–Kier alpha value is -2.20. The first-order valence-corrected chi connectivity index (χ1v) is 7.69. The molecule has 0 saturated heterocycles. The second kappa shape index (κ2) is 6.50. The minimum atomic E-state index is -3.82. The monoisotopic (exact) mass is 302 g/mol. The van der Waals surface area contributed by atoms with E-state index < -0.39 is 10.0 Å². The van der Waals surface area contributed by atoms with Crippen molar-refractivity contribution in [1.82, 2.24) is 4.89 Å². The summed E-state index contributed by atoms with van der Waals surface area (Å²) in [4.78, 5) is 7.16. The third-order valence-electron chi connectivity index (χ3n) is 2.86. The second-order valence-electron chi connectivity index (χ2n) is 4.45. The van der Waals surface area contributed by atoms with Gasteiger partial charge in [-0.05, 0) is 30.2 Å². The number of nitrogens with zero attached hydrogens (tertiary/aromatic N) is 1. The van der Waals surface area contributed by atoms with Crippen molar-refractivity contribution in [2.75, 3.05) is 0 Å². The zero-order valence-corrected chi connectivity index (χ0v) is 12.2. The number of nitriles is 1. The molecule has 0 heterocycles. The Morgan fingerprint density at radius 1 is 1.19 bits per heavy atom. The smallest absolute Gasteiger partial charge is 0.262 e. The molecule has 0 amide bonds. The van der Waals surface area contributed by atoms with Crippen molar-refractivity contribution in [2.24, 2.45) is 0 Å². The van der Waals surface area contributed by atoms with Gasteiger partial charge < -0.3 is 0 Å². The SMILES string of the molecule is Cc1ccc(C#N)cc1S(=O)(=O)NOCc1ccccc1. The molecule has 2 rings (SSSR count). The van der Waals surface area contributed by atoms with E-state index in [1.165, 1.54) is 6.07 Å². The Morgan fingerprint density at radius 3 is 2.57 bits per heavy atom. The van der Waals surface area contributed by atoms with Crippen molar-refractivity contribution < 1.29 is 13.3 Å². The first kappa shape index (κ1) is 15.2. The van der Waals surface area contributed by atoms with Crippen molar-refractivity contribution >= 4 is 10.0 Å². The highest BCUT2D eigenvalue weighted by atomic mass is 32.2. The summed E-state index contributed by atoms with van der Waals surface area (Å²) < 4.78 is 24.3. The molecule has 0 aliphatic heterocycles. The van der Waals surface area contributed by atoms with Crippen molar-refractivity contribution in [3.05, 3.63) is 65.2 Å². The van der Waals surface area contributed by atoms with Gasteiger partial charge in [0, 0.05) is 0 Å². The van der Waals surface area contributed by atoms with E-state index in [0.29, 0.717) is 5.56 Å². The van der Waals surface area contributed by atoms with Crippen LogP contribution >= 0.6 is 0 Å². The zero-order chi connectivity index (χ0) is 15.3. The zero-order valence-electron chi connectivity index (χ0n) is 11.4. The van der Waals surface area contributed by atoms with E-state index in [2.05, 4.69) is 4.89 Å². The van der Waals surface area contributed by atoms with Crippen LogP contribution in [0.2, 0.25) is 0 Å². The van der Waals surface area contributed by atoms with Crippen LogP contribution in [-0.4, -0.2) is 8.42 Å². The van der Waals surface area contributed by atoms with Gasteiger partial charge in [-0.1, -0.05) is 41.3 Å². The summed E-state index contributed by atoms with van der Waals surface area (Å²) in [6.07, 6.45) is 0. The summed E-state index contributed by atoms with van der Waals surface area (Å²) in [5.41, 5.74) is 1.68. The molecule has 0 spiro atoms. The highest BCUT2D eigenvalue weighted by Gasteiger charge is 2.17. The lowest BCUT2D eigenvalue weighted by molar-refractivity contribution is 0.0795. The third-order valence-corrected chi connectivity index (χ3v) is 4.21. The van der Waals surface area contributed by atoms with E-state index in [0.717, 1.165) is 5.56 Å². The van der Waals surface area contributed by atoms with Gasteiger partial charge in [0.25, 0.3) is 10.0 Å². The lowest BCUT2D eigenvalue weighted by Gasteiger charge is -2.09. The maximum atomic E-state index is 12.2. The summed E-state index contributed by atoms with van der Waals surface area (Å²) in [6.45, 7) is 1.78. The first-order chi connectivity index (χ1) is 10.0. The number of hydrogen-bond donors (Lipinski definition) is 1. The molecule has 0 bridgehead atoms. The van der Waals surface area contributed by atoms with E-state index in [9.17, 15) is 8.42 Å². The van der Waals surface area contributed by atoms with E-state index in [1.807, 2.05) is 36.4 Å². The molecule has 1 N–H and O–H groups in total. The van der Waals surface area contributed by atoms with Crippen LogP contribution < -0.4 is 4.89 Å². The Kier molecular flexibility index (Phi) is 4.70. The molecule has 21 heavy (non-hydrogen) atoms. The van der Waals surface area contributed by atoms with Crippen molar-refractivity contribution in [2.45, 2.75) is 18.4 Å². The average Bonchev–Trinajstić information content (AvgIpc) is 2.48. The van der Waals surface area contributed by atoms with Crippen LogP contribution in [-0.2, 0) is 21.5 Å². The molecule has 5 nitrogen and oxygen atoms in total. The highest BCUT2D eigenvalue weighted by Crippen LogP contribution is 2.16. The van der Waals surface area contributed by atoms with E-state index in [1.54, 1.807) is 19.1 Å². The minimum absolute atomic E-state index is 0.0367. The van der Waals surface area contributed by atoms with Crippen LogP contribution in [0.4, 0.5) is 0 Å². The molecule has 2 aromatic rings. The fourth-order valence-electron chi connectivity index (χ4n) is 1.77. The standard InChI is InChI=1S/C15H14N2O3S/c1-12-7-8-14(10-16)9-15(12)21(18,19)17-20-11-13-5-3-2-4-6-13/h2-9,17H,11H2,1H3. The van der Waals surface area contributed by atoms with Crippen molar-refractivity contribution in [1.29, 1.82) is 5.26 Å². The predicted octanol–water partition coefficient (Wildman–Crippen LogP) is 2.28. The number of hydrogen-bond acceptors (Lipinski definition) is 4. The molecule has 108 valence electrons. The molecule has 0 aliphatic carbocycles. The molecule has 0 unspecified atom stereocenters.